The van der Waals surface area contributed by atoms with Gasteiger partial charge in [0.05, 0.1) is 11.3 Å². The van der Waals surface area contributed by atoms with Crippen molar-refractivity contribution >= 4 is 34.9 Å². The first-order valence-electron chi connectivity index (χ1n) is 10.9. The molecule has 2 amide bonds. The highest BCUT2D eigenvalue weighted by Crippen LogP contribution is 2.25. The van der Waals surface area contributed by atoms with Gasteiger partial charge in [0.1, 0.15) is 11.5 Å². The molecule has 0 spiro atoms. The maximum atomic E-state index is 13.2. The van der Waals surface area contributed by atoms with Gasteiger partial charge in [-0.05, 0) is 36.2 Å². The van der Waals surface area contributed by atoms with Crippen LogP contribution in [-0.2, 0) is 17.8 Å². The highest BCUT2D eigenvalue weighted by Gasteiger charge is 2.24. The minimum absolute atomic E-state index is 0.0202. The number of amides is 2. The predicted octanol–water partition coefficient (Wildman–Crippen LogP) is 3.49. The summed E-state index contributed by atoms with van der Waals surface area (Å²) in [6.45, 7) is 6.59. The molecule has 1 aromatic carbocycles. The molecule has 1 aliphatic heterocycles. The van der Waals surface area contributed by atoms with E-state index in [0.29, 0.717) is 43.3 Å². The first-order valence-corrected chi connectivity index (χ1v) is 11.3. The van der Waals surface area contributed by atoms with E-state index >= 15 is 0 Å². The maximum Gasteiger partial charge on any atom is 0.255 e. The number of pyridine rings is 1. The summed E-state index contributed by atoms with van der Waals surface area (Å²) >= 11 is 6.03. The lowest BCUT2D eigenvalue weighted by Gasteiger charge is -2.34. The molecule has 0 N–H and O–H groups in total. The third-order valence-corrected chi connectivity index (χ3v) is 6.20. The number of carbonyl (C=O) groups excluding carboxylic acids is 2. The number of anilines is 1. The largest absolute Gasteiger partial charge is 0.355 e. The van der Waals surface area contributed by atoms with E-state index in [-0.39, 0.29) is 11.8 Å². The number of aromatic nitrogens is 2. The van der Waals surface area contributed by atoms with Crippen molar-refractivity contribution in [2.24, 2.45) is 0 Å². The van der Waals surface area contributed by atoms with Crippen LogP contribution in [0, 0.1) is 0 Å². The standard InChI is InChI=1S/C24H28ClN5O2/c1-4-21-23(27(3)15-18-5-8-20(25)9-6-18)30-16-19(7-10-22(30)26-21)24(32)29-13-11-28(12-14-29)17(2)31/h5-10,16H,4,11-15H2,1-3H3. The Morgan fingerprint density at radius 2 is 1.69 bits per heavy atom. The molecule has 4 rings (SSSR count). The maximum absolute atomic E-state index is 13.2. The third kappa shape index (κ3) is 4.43. The number of fused-ring (bicyclic) bond motifs is 1. The minimum Gasteiger partial charge on any atom is -0.355 e. The van der Waals surface area contributed by atoms with Gasteiger partial charge >= 0.3 is 0 Å². The number of halogens is 1. The summed E-state index contributed by atoms with van der Waals surface area (Å²) in [5.74, 6) is 1.01. The van der Waals surface area contributed by atoms with E-state index in [4.69, 9.17) is 16.6 Å². The number of hydrogen-bond donors (Lipinski definition) is 0. The average Bonchev–Trinajstić information content (AvgIpc) is 3.18. The predicted molar refractivity (Wildman–Crippen MR) is 126 cm³/mol. The number of imidazole rings is 1. The molecule has 1 aliphatic rings. The first kappa shape index (κ1) is 22.1. The van der Waals surface area contributed by atoms with Crippen molar-refractivity contribution in [3.63, 3.8) is 0 Å². The number of carbonyl (C=O) groups is 2. The van der Waals surface area contributed by atoms with Crippen LogP contribution in [0.15, 0.2) is 42.6 Å². The highest BCUT2D eigenvalue weighted by atomic mass is 35.5. The van der Waals surface area contributed by atoms with Crippen LogP contribution in [0.4, 0.5) is 5.82 Å². The molecule has 3 aromatic rings. The lowest BCUT2D eigenvalue weighted by Crippen LogP contribution is -2.50. The molecule has 0 unspecified atom stereocenters. The lowest BCUT2D eigenvalue weighted by molar-refractivity contribution is -0.130. The van der Waals surface area contributed by atoms with Crippen LogP contribution in [0.25, 0.3) is 5.65 Å². The zero-order valence-corrected chi connectivity index (χ0v) is 19.5. The van der Waals surface area contributed by atoms with Gasteiger partial charge in [0.15, 0.2) is 0 Å². The van der Waals surface area contributed by atoms with Gasteiger partial charge in [-0.25, -0.2) is 4.98 Å². The first-order chi connectivity index (χ1) is 15.4. The number of aryl methyl sites for hydroxylation is 1. The number of rotatable bonds is 5. The molecule has 168 valence electrons. The number of hydrogen-bond acceptors (Lipinski definition) is 4. The smallest absolute Gasteiger partial charge is 0.255 e. The SMILES string of the molecule is CCc1nc2ccc(C(=O)N3CCN(C(C)=O)CC3)cn2c1N(C)Cc1ccc(Cl)cc1. The van der Waals surface area contributed by atoms with E-state index < -0.39 is 0 Å². The Hall–Kier alpha value is -3.06. The van der Waals surface area contributed by atoms with Crippen molar-refractivity contribution in [2.75, 3.05) is 38.1 Å². The molecule has 0 saturated carbocycles. The summed E-state index contributed by atoms with van der Waals surface area (Å²) in [7, 11) is 2.03. The van der Waals surface area contributed by atoms with Crippen LogP contribution in [0.3, 0.4) is 0 Å². The van der Waals surface area contributed by atoms with E-state index in [9.17, 15) is 9.59 Å². The average molecular weight is 454 g/mol. The van der Waals surface area contributed by atoms with E-state index in [1.54, 1.807) is 11.8 Å². The van der Waals surface area contributed by atoms with Gasteiger partial charge in [0.25, 0.3) is 5.91 Å². The zero-order valence-electron chi connectivity index (χ0n) is 18.7. The monoisotopic (exact) mass is 453 g/mol. The molecule has 1 saturated heterocycles. The van der Waals surface area contributed by atoms with Crippen molar-refractivity contribution in [3.05, 3.63) is 64.4 Å². The van der Waals surface area contributed by atoms with Crippen molar-refractivity contribution in [3.8, 4) is 0 Å². The van der Waals surface area contributed by atoms with Gasteiger partial charge < -0.3 is 14.7 Å². The van der Waals surface area contributed by atoms with Crippen molar-refractivity contribution in [1.82, 2.24) is 19.2 Å². The fourth-order valence-electron chi connectivity index (χ4n) is 4.19. The van der Waals surface area contributed by atoms with Crippen LogP contribution in [-0.4, -0.2) is 64.2 Å². The van der Waals surface area contributed by atoms with Crippen LogP contribution in [0.2, 0.25) is 5.02 Å². The topological polar surface area (TPSA) is 61.2 Å². The molecule has 0 atom stereocenters. The molecule has 8 heteroatoms. The minimum atomic E-state index is -0.0202. The molecular weight excluding hydrogens is 426 g/mol. The molecule has 3 heterocycles. The Balaban J connectivity index is 1.61. The fraction of sp³-hybridized carbons (Fsp3) is 0.375. The van der Waals surface area contributed by atoms with Crippen molar-refractivity contribution in [1.29, 1.82) is 0 Å². The lowest BCUT2D eigenvalue weighted by atomic mass is 10.2. The van der Waals surface area contributed by atoms with Gasteiger partial charge in [-0.1, -0.05) is 30.7 Å². The summed E-state index contributed by atoms with van der Waals surface area (Å²) in [6, 6.07) is 11.6. The highest BCUT2D eigenvalue weighted by molar-refractivity contribution is 6.30. The van der Waals surface area contributed by atoms with Crippen LogP contribution < -0.4 is 4.90 Å². The second-order valence-electron chi connectivity index (χ2n) is 8.16. The van der Waals surface area contributed by atoms with E-state index in [1.165, 1.54) is 0 Å². The Bertz CT molecular complexity index is 1130. The number of benzene rings is 1. The van der Waals surface area contributed by atoms with Crippen LogP contribution in [0.1, 0.15) is 35.5 Å². The van der Waals surface area contributed by atoms with Gasteiger partial charge in [0.2, 0.25) is 5.91 Å². The van der Waals surface area contributed by atoms with E-state index in [1.807, 2.05) is 58.9 Å². The van der Waals surface area contributed by atoms with Gasteiger partial charge in [-0.3, -0.25) is 14.0 Å². The summed E-state index contributed by atoms with van der Waals surface area (Å²) in [4.78, 5) is 35.3. The Morgan fingerprint density at radius 1 is 1.03 bits per heavy atom. The van der Waals surface area contributed by atoms with Crippen LogP contribution >= 0.6 is 11.6 Å². The molecule has 0 bridgehead atoms. The molecule has 7 nitrogen and oxygen atoms in total. The molecule has 1 fully saturated rings. The van der Waals surface area contributed by atoms with Gasteiger partial charge in [-0.15, -0.1) is 0 Å². The zero-order chi connectivity index (χ0) is 22.8. The molecule has 0 radical (unpaired) electrons. The summed E-state index contributed by atoms with van der Waals surface area (Å²) in [6.07, 6.45) is 2.67. The van der Waals surface area contributed by atoms with Crippen LogP contribution in [0.5, 0.6) is 0 Å². The molecule has 32 heavy (non-hydrogen) atoms. The third-order valence-electron chi connectivity index (χ3n) is 5.95. The summed E-state index contributed by atoms with van der Waals surface area (Å²) in [5.41, 5.74) is 3.57. The second kappa shape index (κ2) is 9.20. The van der Waals surface area contributed by atoms with Crippen molar-refractivity contribution < 1.29 is 9.59 Å². The van der Waals surface area contributed by atoms with E-state index in [2.05, 4.69) is 11.8 Å². The van der Waals surface area contributed by atoms with Gasteiger partial charge in [0, 0.05) is 57.9 Å². The molecule has 0 aliphatic carbocycles. The summed E-state index contributed by atoms with van der Waals surface area (Å²) < 4.78 is 2.01. The quantitative estimate of drug-likeness (QED) is 0.593. The van der Waals surface area contributed by atoms with Gasteiger partial charge in [-0.2, -0.15) is 0 Å². The Kier molecular flexibility index (Phi) is 6.37. The fourth-order valence-corrected chi connectivity index (χ4v) is 4.32. The number of nitrogens with zero attached hydrogens (tertiary/aromatic N) is 5. The normalized spacial score (nSPS) is 14.1. The van der Waals surface area contributed by atoms with E-state index in [0.717, 1.165) is 29.1 Å². The second-order valence-corrected chi connectivity index (χ2v) is 8.60. The Labute approximate surface area is 193 Å². The molecular formula is C24H28ClN5O2. The van der Waals surface area contributed by atoms with Crippen molar-refractivity contribution in [2.45, 2.75) is 26.8 Å². The number of piperazine rings is 1. The Morgan fingerprint density at radius 3 is 2.31 bits per heavy atom. The summed E-state index contributed by atoms with van der Waals surface area (Å²) in [5, 5.41) is 0.716. The molecule has 2 aromatic heterocycles.